The molecule has 16 heavy (non-hydrogen) atoms. The van der Waals surface area contributed by atoms with E-state index < -0.39 is 6.61 Å². The summed E-state index contributed by atoms with van der Waals surface area (Å²) in [5, 5.41) is 3.39. The van der Waals surface area contributed by atoms with Crippen molar-refractivity contribution in [3.63, 3.8) is 0 Å². The van der Waals surface area contributed by atoms with E-state index >= 15 is 0 Å². The van der Waals surface area contributed by atoms with Crippen LogP contribution < -0.4 is 10.1 Å². The fourth-order valence-corrected chi connectivity index (χ4v) is 2.64. The lowest BCUT2D eigenvalue weighted by Crippen LogP contribution is -2.30. The van der Waals surface area contributed by atoms with E-state index in [4.69, 9.17) is 0 Å². The van der Waals surface area contributed by atoms with Crippen molar-refractivity contribution in [2.75, 3.05) is 18.1 Å². The van der Waals surface area contributed by atoms with Crippen LogP contribution in [-0.4, -0.2) is 24.7 Å². The summed E-state index contributed by atoms with van der Waals surface area (Å²) < 4.78 is 28.2. The third-order valence-electron chi connectivity index (χ3n) is 2.43. The van der Waals surface area contributed by atoms with Gasteiger partial charge in [-0.1, -0.05) is 12.1 Å². The predicted molar refractivity (Wildman–Crippen MR) is 61.1 cm³/mol. The predicted octanol–water partition coefficient (Wildman–Crippen LogP) is 2.67. The van der Waals surface area contributed by atoms with Crippen molar-refractivity contribution in [3.05, 3.63) is 29.8 Å². The fraction of sp³-hybridized carbons (Fsp3) is 0.455. The molecule has 0 saturated carbocycles. The lowest BCUT2D eigenvalue weighted by molar-refractivity contribution is -0.0498. The zero-order valence-corrected chi connectivity index (χ0v) is 9.47. The summed E-state index contributed by atoms with van der Waals surface area (Å²) >= 11 is 1.90. The Bertz CT molecular complexity index is 325. The highest BCUT2D eigenvalue weighted by atomic mass is 32.2. The molecular weight excluding hydrogens is 232 g/mol. The molecule has 2 rings (SSSR count). The first-order valence-corrected chi connectivity index (χ1v) is 6.27. The second kappa shape index (κ2) is 5.50. The highest BCUT2D eigenvalue weighted by Gasteiger charge is 2.15. The van der Waals surface area contributed by atoms with Gasteiger partial charge in [-0.15, -0.1) is 0 Å². The summed E-state index contributed by atoms with van der Waals surface area (Å²) in [6, 6.07) is 7.16. The SMILES string of the molecule is FC(F)Oc1ccc(C2CSCCN2)cc1. The van der Waals surface area contributed by atoms with Gasteiger partial charge >= 0.3 is 6.61 Å². The maximum atomic E-state index is 11.9. The fourth-order valence-electron chi connectivity index (χ4n) is 1.66. The Morgan fingerprint density at radius 2 is 2.06 bits per heavy atom. The van der Waals surface area contributed by atoms with E-state index in [2.05, 4.69) is 10.1 Å². The number of nitrogens with one attached hydrogen (secondary N) is 1. The van der Waals surface area contributed by atoms with Gasteiger partial charge in [0, 0.05) is 24.1 Å². The van der Waals surface area contributed by atoms with Crippen molar-refractivity contribution in [2.24, 2.45) is 0 Å². The molecule has 1 aliphatic heterocycles. The lowest BCUT2D eigenvalue weighted by Gasteiger charge is -2.23. The molecule has 1 atom stereocenters. The van der Waals surface area contributed by atoms with E-state index in [-0.39, 0.29) is 5.75 Å². The number of halogens is 2. The number of rotatable bonds is 3. The Hall–Kier alpha value is -0.810. The molecule has 1 aromatic carbocycles. The zero-order valence-electron chi connectivity index (χ0n) is 8.66. The van der Waals surface area contributed by atoms with Gasteiger partial charge in [0.25, 0.3) is 0 Å². The van der Waals surface area contributed by atoms with Crippen molar-refractivity contribution in [3.8, 4) is 5.75 Å². The highest BCUT2D eigenvalue weighted by molar-refractivity contribution is 7.99. The second-order valence-corrected chi connectivity index (χ2v) is 4.68. The summed E-state index contributed by atoms with van der Waals surface area (Å²) in [6.45, 7) is -1.76. The molecular formula is C11H13F2NOS. The van der Waals surface area contributed by atoms with Gasteiger partial charge in [0.2, 0.25) is 0 Å². The molecule has 5 heteroatoms. The van der Waals surface area contributed by atoms with Crippen molar-refractivity contribution in [2.45, 2.75) is 12.7 Å². The molecule has 0 aliphatic carbocycles. The Morgan fingerprint density at radius 1 is 1.31 bits per heavy atom. The largest absolute Gasteiger partial charge is 0.435 e. The molecule has 1 fully saturated rings. The van der Waals surface area contributed by atoms with E-state index in [0.717, 1.165) is 23.6 Å². The minimum atomic E-state index is -2.76. The van der Waals surface area contributed by atoms with E-state index in [0.29, 0.717) is 6.04 Å². The number of benzene rings is 1. The Balaban J connectivity index is 2.00. The van der Waals surface area contributed by atoms with Crippen LogP contribution in [0.3, 0.4) is 0 Å². The van der Waals surface area contributed by atoms with Crippen LogP contribution in [0.25, 0.3) is 0 Å². The average molecular weight is 245 g/mol. The van der Waals surface area contributed by atoms with Gasteiger partial charge in [-0.05, 0) is 17.7 Å². The third-order valence-corrected chi connectivity index (χ3v) is 3.49. The minimum Gasteiger partial charge on any atom is -0.435 e. The molecule has 0 radical (unpaired) electrons. The number of hydrogen-bond donors (Lipinski definition) is 1. The summed E-state index contributed by atoms with van der Waals surface area (Å²) in [6.07, 6.45) is 0. The zero-order chi connectivity index (χ0) is 11.4. The summed E-state index contributed by atoms with van der Waals surface area (Å²) in [5.41, 5.74) is 1.12. The maximum Gasteiger partial charge on any atom is 0.387 e. The molecule has 88 valence electrons. The first-order valence-electron chi connectivity index (χ1n) is 5.11. The molecule has 0 amide bonds. The normalized spacial score (nSPS) is 21.1. The molecule has 0 bridgehead atoms. The second-order valence-electron chi connectivity index (χ2n) is 3.53. The maximum absolute atomic E-state index is 11.9. The van der Waals surface area contributed by atoms with Crippen LogP contribution >= 0.6 is 11.8 Å². The van der Waals surface area contributed by atoms with Gasteiger partial charge < -0.3 is 10.1 Å². The van der Waals surface area contributed by atoms with Gasteiger partial charge in [-0.2, -0.15) is 20.5 Å². The van der Waals surface area contributed by atoms with E-state index in [1.807, 2.05) is 23.9 Å². The van der Waals surface area contributed by atoms with Crippen LogP contribution in [0.4, 0.5) is 8.78 Å². The van der Waals surface area contributed by atoms with Crippen molar-refractivity contribution in [1.29, 1.82) is 0 Å². The number of alkyl halides is 2. The lowest BCUT2D eigenvalue weighted by atomic mass is 10.1. The first-order chi connectivity index (χ1) is 7.75. The Labute approximate surface area is 97.4 Å². The van der Waals surface area contributed by atoms with Crippen molar-refractivity contribution >= 4 is 11.8 Å². The van der Waals surface area contributed by atoms with Gasteiger partial charge in [0.1, 0.15) is 5.75 Å². The number of thioether (sulfide) groups is 1. The van der Waals surface area contributed by atoms with Crippen molar-refractivity contribution in [1.82, 2.24) is 5.32 Å². The van der Waals surface area contributed by atoms with Gasteiger partial charge in [0.05, 0.1) is 0 Å². The average Bonchev–Trinajstić information content (AvgIpc) is 2.30. The molecule has 0 spiro atoms. The van der Waals surface area contributed by atoms with Crippen LogP contribution in [0, 0.1) is 0 Å². The van der Waals surface area contributed by atoms with E-state index in [1.165, 1.54) is 0 Å². The first kappa shape index (κ1) is 11.7. The number of hydrogen-bond acceptors (Lipinski definition) is 3. The molecule has 2 nitrogen and oxygen atoms in total. The van der Waals surface area contributed by atoms with E-state index in [9.17, 15) is 8.78 Å². The van der Waals surface area contributed by atoms with E-state index in [1.54, 1.807) is 12.1 Å². The third kappa shape index (κ3) is 3.09. The molecule has 0 aromatic heterocycles. The quantitative estimate of drug-likeness (QED) is 0.884. The minimum absolute atomic E-state index is 0.210. The van der Waals surface area contributed by atoms with Crippen LogP contribution in [0.5, 0.6) is 5.75 Å². The molecule has 1 saturated heterocycles. The monoisotopic (exact) mass is 245 g/mol. The Morgan fingerprint density at radius 3 is 2.62 bits per heavy atom. The molecule has 1 heterocycles. The van der Waals surface area contributed by atoms with Gasteiger partial charge in [0.15, 0.2) is 0 Å². The summed E-state index contributed by atoms with van der Waals surface area (Å²) in [4.78, 5) is 0. The van der Waals surface area contributed by atoms with Crippen LogP contribution in [0.2, 0.25) is 0 Å². The summed E-state index contributed by atoms with van der Waals surface area (Å²) in [7, 11) is 0. The smallest absolute Gasteiger partial charge is 0.387 e. The highest BCUT2D eigenvalue weighted by Crippen LogP contribution is 2.24. The van der Waals surface area contributed by atoms with Crippen LogP contribution in [-0.2, 0) is 0 Å². The molecule has 1 unspecified atom stereocenters. The van der Waals surface area contributed by atoms with Crippen LogP contribution in [0.15, 0.2) is 24.3 Å². The topological polar surface area (TPSA) is 21.3 Å². The van der Waals surface area contributed by atoms with Gasteiger partial charge in [-0.25, -0.2) is 0 Å². The summed E-state index contributed by atoms with van der Waals surface area (Å²) in [5.74, 6) is 2.36. The number of ether oxygens (including phenoxy) is 1. The van der Waals surface area contributed by atoms with Crippen LogP contribution in [0.1, 0.15) is 11.6 Å². The molecule has 1 N–H and O–H groups in total. The standard InChI is InChI=1S/C11H13F2NOS/c12-11(13)15-9-3-1-8(2-4-9)10-7-16-6-5-14-10/h1-4,10-11,14H,5-7H2. The van der Waals surface area contributed by atoms with Gasteiger partial charge in [-0.3, -0.25) is 0 Å². The Kier molecular flexibility index (Phi) is 4.01. The molecule has 1 aliphatic rings. The molecule has 1 aromatic rings. The van der Waals surface area contributed by atoms with Crippen molar-refractivity contribution < 1.29 is 13.5 Å².